The van der Waals surface area contributed by atoms with Gasteiger partial charge in [-0.05, 0) is 75.9 Å². The number of amides is 1. The number of fused-ring (bicyclic) bond motifs is 2. The van der Waals surface area contributed by atoms with Gasteiger partial charge < -0.3 is 15.0 Å². The van der Waals surface area contributed by atoms with Crippen molar-refractivity contribution in [3.05, 3.63) is 47.6 Å². The van der Waals surface area contributed by atoms with Crippen LogP contribution in [0.2, 0.25) is 5.02 Å². The van der Waals surface area contributed by atoms with Crippen molar-refractivity contribution in [3.63, 3.8) is 0 Å². The van der Waals surface area contributed by atoms with E-state index in [1.165, 1.54) is 12.5 Å². The number of anilines is 1. The Hall–Kier alpha value is -2.32. The first kappa shape index (κ1) is 22.9. The number of sulfone groups is 1. The molecule has 2 saturated heterocycles. The number of halogens is 1. The fourth-order valence-electron chi connectivity index (χ4n) is 4.62. The van der Waals surface area contributed by atoms with Gasteiger partial charge in [0.15, 0.2) is 15.4 Å². The van der Waals surface area contributed by atoms with Crippen LogP contribution in [0, 0.1) is 0 Å². The van der Waals surface area contributed by atoms with Gasteiger partial charge in [0.2, 0.25) is 0 Å². The lowest BCUT2D eigenvalue weighted by molar-refractivity contribution is -0.135. The van der Waals surface area contributed by atoms with Gasteiger partial charge in [-0.25, -0.2) is 13.4 Å². The lowest BCUT2D eigenvalue weighted by Gasteiger charge is -2.40. The first-order valence-corrected chi connectivity index (χ1v) is 13.0. The molecule has 1 amide bonds. The predicted octanol–water partition coefficient (Wildman–Crippen LogP) is 3.61. The van der Waals surface area contributed by atoms with E-state index in [0.29, 0.717) is 10.8 Å². The summed E-state index contributed by atoms with van der Waals surface area (Å²) >= 11 is 5.92. The zero-order valence-corrected chi connectivity index (χ0v) is 20.0. The van der Waals surface area contributed by atoms with Gasteiger partial charge in [-0.2, -0.15) is 0 Å². The van der Waals surface area contributed by atoms with E-state index in [0.717, 1.165) is 31.5 Å². The number of nitrogens with one attached hydrogen (secondary N) is 1. The Kier molecular flexibility index (Phi) is 6.11. The number of carbonyl (C=O) groups is 1. The third kappa shape index (κ3) is 4.86. The van der Waals surface area contributed by atoms with E-state index in [2.05, 4.69) is 15.2 Å². The fourth-order valence-corrected chi connectivity index (χ4v) is 5.30. The quantitative estimate of drug-likeness (QED) is 0.683. The lowest BCUT2D eigenvalue weighted by Crippen LogP contribution is -2.55. The molecule has 1 aromatic carbocycles. The minimum Gasteiger partial charge on any atom is -0.478 e. The van der Waals surface area contributed by atoms with Crippen LogP contribution in [0.3, 0.4) is 0 Å². The summed E-state index contributed by atoms with van der Waals surface area (Å²) in [6.07, 6.45) is 6.28. The number of ether oxygens (including phenoxy) is 1. The molecule has 1 N–H and O–H groups in total. The molecular weight excluding hydrogens is 450 g/mol. The van der Waals surface area contributed by atoms with E-state index in [-0.39, 0.29) is 28.9 Å². The zero-order valence-electron chi connectivity index (χ0n) is 18.4. The number of hydrogen-bond acceptors (Lipinski definition) is 6. The SMILES string of the molecule is CC(C)(Oc1ccc(Cl)cc1)C(=O)NC1CC2CCC(C1)N2c1ccc(S(C)(=O)=O)cn1. The molecule has 7 nitrogen and oxygen atoms in total. The summed E-state index contributed by atoms with van der Waals surface area (Å²) in [4.78, 5) is 19.9. The molecule has 2 aliphatic heterocycles. The highest BCUT2D eigenvalue weighted by molar-refractivity contribution is 7.90. The zero-order chi connectivity index (χ0) is 23.1. The summed E-state index contributed by atoms with van der Waals surface area (Å²) in [7, 11) is -3.27. The van der Waals surface area contributed by atoms with Crippen LogP contribution < -0.4 is 15.0 Å². The van der Waals surface area contributed by atoms with Crippen molar-refractivity contribution in [2.45, 2.75) is 68.2 Å². The van der Waals surface area contributed by atoms with Gasteiger partial charge >= 0.3 is 0 Å². The van der Waals surface area contributed by atoms with E-state index in [1.54, 1.807) is 50.2 Å². The van der Waals surface area contributed by atoms with Crippen LogP contribution >= 0.6 is 11.6 Å². The van der Waals surface area contributed by atoms with Crippen molar-refractivity contribution in [2.24, 2.45) is 0 Å². The summed E-state index contributed by atoms with van der Waals surface area (Å²) < 4.78 is 29.3. The third-order valence-electron chi connectivity index (χ3n) is 6.22. The molecular formula is C23H28ClN3O4S. The summed E-state index contributed by atoms with van der Waals surface area (Å²) in [5.41, 5.74) is -1.02. The third-order valence-corrected chi connectivity index (χ3v) is 7.56. The number of rotatable bonds is 6. The lowest BCUT2D eigenvalue weighted by atomic mass is 9.96. The van der Waals surface area contributed by atoms with Gasteiger partial charge in [0.25, 0.3) is 5.91 Å². The van der Waals surface area contributed by atoms with Crippen LogP contribution in [0.4, 0.5) is 5.82 Å². The maximum absolute atomic E-state index is 13.0. The van der Waals surface area contributed by atoms with Crippen LogP contribution in [0.25, 0.3) is 0 Å². The largest absolute Gasteiger partial charge is 0.478 e. The smallest absolute Gasteiger partial charge is 0.263 e. The Bertz CT molecular complexity index is 1070. The van der Waals surface area contributed by atoms with Gasteiger partial charge in [0.1, 0.15) is 11.6 Å². The predicted molar refractivity (Wildman–Crippen MR) is 124 cm³/mol. The van der Waals surface area contributed by atoms with Crippen LogP contribution in [0.5, 0.6) is 5.75 Å². The number of aromatic nitrogens is 1. The number of pyridine rings is 1. The Morgan fingerprint density at radius 1 is 1.12 bits per heavy atom. The summed E-state index contributed by atoms with van der Waals surface area (Å²) in [6.45, 7) is 3.52. The standard InChI is InChI=1S/C23H28ClN3O4S/c1-23(2,31-19-8-4-15(24)5-9-19)22(28)26-16-12-17-6-7-18(13-16)27(17)21-11-10-20(14-25-21)32(3,29)30/h4-5,8-11,14,16-18H,6-7,12-13H2,1-3H3,(H,26,28). The average Bonchev–Trinajstić information content (AvgIpc) is 2.99. The van der Waals surface area contributed by atoms with Crippen LogP contribution in [-0.2, 0) is 14.6 Å². The maximum atomic E-state index is 13.0. The minimum absolute atomic E-state index is 0.0552. The highest BCUT2D eigenvalue weighted by atomic mass is 35.5. The molecule has 32 heavy (non-hydrogen) atoms. The molecule has 2 bridgehead atoms. The first-order valence-electron chi connectivity index (χ1n) is 10.7. The molecule has 2 aromatic rings. The Labute approximate surface area is 194 Å². The molecule has 2 aliphatic rings. The van der Waals surface area contributed by atoms with Crippen LogP contribution in [0.15, 0.2) is 47.5 Å². The van der Waals surface area contributed by atoms with E-state index >= 15 is 0 Å². The summed E-state index contributed by atoms with van der Waals surface area (Å²) in [5.74, 6) is 1.23. The highest BCUT2D eigenvalue weighted by Gasteiger charge is 2.43. The maximum Gasteiger partial charge on any atom is 0.263 e. The second-order valence-corrected chi connectivity index (χ2v) is 11.6. The van der Waals surface area contributed by atoms with Gasteiger partial charge in [-0.15, -0.1) is 0 Å². The van der Waals surface area contributed by atoms with E-state index in [1.807, 2.05) is 0 Å². The van der Waals surface area contributed by atoms with Gasteiger partial charge in [0, 0.05) is 35.6 Å². The number of hydrogen-bond donors (Lipinski definition) is 1. The molecule has 0 spiro atoms. The number of benzene rings is 1. The summed E-state index contributed by atoms with van der Waals surface area (Å²) in [6, 6.07) is 10.9. The second-order valence-electron chi connectivity index (χ2n) is 9.12. The van der Waals surface area contributed by atoms with Crippen molar-refractivity contribution >= 4 is 33.2 Å². The molecule has 172 valence electrons. The van der Waals surface area contributed by atoms with Gasteiger partial charge in [-0.3, -0.25) is 4.79 Å². The molecule has 0 aliphatic carbocycles. The molecule has 3 heterocycles. The van der Waals surface area contributed by atoms with E-state index < -0.39 is 15.4 Å². The van der Waals surface area contributed by atoms with Crippen molar-refractivity contribution < 1.29 is 17.9 Å². The van der Waals surface area contributed by atoms with Crippen molar-refractivity contribution in [1.82, 2.24) is 10.3 Å². The van der Waals surface area contributed by atoms with Crippen molar-refractivity contribution in [1.29, 1.82) is 0 Å². The van der Waals surface area contributed by atoms with E-state index in [9.17, 15) is 13.2 Å². The monoisotopic (exact) mass is 477 g/mol. The molecule has 2 atom stereocenters. The van der Waals surface area contributed by atoms with Crippen molar-refractivity contribution in [2.75, 3.05) is 11.2 Å². The Morgan fingerprint density at radius 2 is 1.75 bits per heavy atom. The minimum atomic E-state index is -3.27. The molecule has 0 saturated carbocycles. The first-order chi connectivity index (χ1) is 15.0. The van der Waals surface area contributed by atoms with Crippen LogP contribution in [0.1, 0.15) is 39.5 Å². The topological polar surface area (TPSA) is 88.6 Å². The number of nitrogens with zero attached hydrogens (tertiary/aromatic N) is 2. The average molecular weight is 478 g/mol. The summed E-state index contributed by atoms with van der Waals surface area (Å²) in [5, 5.41) is 3.79. The number of piperidine rings is 1. The normalized spacial score (nSPS) is 23.1. The molecule has 1 aromatic heterocycles. The van der Waals surface area contributed by atoms with Gasteiger partial charge in [-0.1, -0.05) is 11.6 Å². The van der Waals surface area contributed by atoms with Gasteiger partial charge in [0.05, 0.1) is 4.90 Å². The molecule has 4 rings (SSSR count). The fraction of sp³-hybridized carbons (Fsp3) is 0.478. The Balaban J connectivity index is 1.40. The molecule has 2 unspecified atom stereocenters. The van der Waals surface area contributed by atoms with Crippen LogP contribution in [-0.4, -0.2) is 49.3 Å². The molecule has 9 heteroatoms. The van der Waals surface area contributed by atoms with E-state index in [4.69, 9.17) is 16.3 Å². The molecule has 2 fully saturated rings. The molecule has 0 radical (unpaired) electrons. The second kappa shape index (κ2) is 8.56. The van der Waals surface area contributed by atoms with Crippen molar-refractivity contribution in [3.8, 4) is 5.75 Å². The highest BCUT2D eigenvalue weighted by Crippen LogP contribution is 2.39. The Morgan fingerprint density at radius 3 is 2.28 bits per heavy atom. The number of carbonyl (C=O) groups excluding carboxylic acids is 1.